The van der Waals surface area contributed by atoms with E-state index in [1.54, 1.807) is 0 Å². The summed E-state index contributed by atoms with van der Waals surface area (Å²) in [5.41, 5.74) is 4.76. The smallest absolute Gasteiger partial charge is 0.167 e. The molecule has 1 heterocycles. The van der Waals surface area contributed by atoms with E-state index in [0.717, 1.165) is 44.5 Å². The second kappa shape index (κ2) is 9.29. The number of aliphatic hydroxyl groups is 1. The monoisotopic (exact) mass is 365 g/mol. The molecule has 1 saturated heterocycles. The van der Waals surface area contributed by atoms with Crippen molar-refractivity contribution in [2.45, 2.75) is 39.0 Å². The number of unbranched alkanes of at least 4 members (excludes halogenated alkanes) is 1. The zero-order chi connectivity index (χ0) is 19.2. The lowest BCUT2D eigenvalue weighted by atomic mass is 9.75. The Bertz CT molecular complexity index is 756. The zero-order valence-electron chi connectivity index (χ0n) is 16.5. The highest BCUT2D eigenvalue weighted by molar-refractivity contribution is 5.98. The van der Waals surface area contributed by atoms with Crippen LogP contribution in [0.2, 0.25) is 0 Å². The topological polar surface area (TPSA) is 40.5 Å². The van der Waals surface area contributed by atoms with E-state index < -0.39 is 0 Å². The van der Waals surface area contributed by atoms with Crippen LogP contribution >= 0.6 is 0 Å². The summed E-state index contributed by atoms with van der Waals surface area (Å²) >= 11 is 0. The fourth-order valence-electron chi connectivity index (χ4n) is 4.30. The summed E-state index contributed by atoms with van der Waals surface area (Å²) in [4.78, 5) is 15.8. The van der Waals surface area contributed by atoms with Crippen molar-refractivity contribution in [2.24, 2.45) is 5.92 Å². The summed E-state index contributed by atoms with van der Waals surface area (Å²) in [6.45, 7) is 7.35. The van der Waals surface area contributed by atoms with E-state index in [0.29, 0.717) is 0 Å². The highest BCUT2D eigenvalue weighted by Crippen LogP contribution is 2.37. The molecular weight excluding hydrogens is 334 g/mol. The van der Waals surface area contributed by atoms with Crippen molar-refractivity contribution in [3.63, 3.8) is 0 Å². The van der Waals surface area contributed by atoms with Crippen molar-refractivity contribution in [1.29, 1.82) is 0 Å². The molecule has 3 rings (SSSR count). The fourth-order valence-corrected chi connectivity index (χ4v) is 4.30. The Labute approximate surface area is 163 Å². The Kier molecular flexibility index (Phi) is 6.81. The third kappa shape index (κ3) is 4.66. The van der Waals surface area contributed by atoms with Gasteiger partial charge in [-0.2, -0.15) is 0 Å². The minimum Gasteiger partial charge on any atom is -0.396 e. The molecular formula is C24H31NO2. The summed E-state index contributed by atoms with van der Waals surface area (Å²) in [6, 6.07) is 16.2. The van der Waals surface area contributed by atoms with Gasteiger partial charge in [0.1, 0.15) is 0 Å². The number of aliphatic hydroxyl groups excluding tert-OH is 1. The average Bonchev–Trinajstić information content (AvgIpc) is 2.70. The lowest BCUT2D eigenvalue weighted by Gasteiger charge is -2.39. The minimum absolute atomic E-state index is 0.0178. The van der Waals surface area contributed by atoms with Gasteiger partial charge in [-0.25, -0.2) is 0 Å². The molecule has 3 nitrogen and oxygen atoms in total. The van der Waals surface area contributed by atoms with Gasteiger partial charge in [0.2, 0.25) is 0 Å². The Hall–Kier alpha value is -1.97. The lowest BCUT2D eigenvalue weighted by molar-refractivity contribution is 0.0774. The van der Waals surface area contributed by atoms with Crippen molar-refractivity contribution in [2.75, 3.05) is 26.2 Å². The van der Waals surface area contributed by atoms with Gasteiger partial charge in [0.25, 0.3) is 0 Å². The van der Waals surface area contributed by atoms with Crippen LogP contribution in [0.3, 0.4) is 0 Å². The van der Waals surface area contributed by atoms with Crippen molar-refractivity contribution >= 4 is 5.78 Å². The van der Waals surface area contributed by atoms with Crippen molar-refractivity contribution < 1.29 is 9.90 Å². The molecule has 0 bridgehead atoms. The number of likely N-dealkylation sites (tertiary alicyclic amines) is 1. The molecule has 1 N–H and O–H groups in total. The average molecular weight is 366 g/mol. The van der Waals surface area contributed by atoms with Gasteiger partial charge in [0.15, 0.2) is 5.78 Å². The van der Waals surface area contributed by atoms with Crippen LogP contribution in [0.25, 0.3) is 0 Å². The number of nitrogens with zero attached hydrogens (tertiary/aromatic N) is 1. The van der Waals surface area contributed by atoms with Crippen LogP contribution in [0, 0.1) is 19.8 Å². The molecule has 2 aromatic rings. The molecule has 2 aromatic carbocycles. The largest absolute Gasteiger partial charge is 0.396 e. The number of carbonyl (C=O) groups excluding carboxylic acids is 1. The quantitative estimate of drug-likeness (QED) is 0.585. The Balaban J connectivity index is 1.87. The SMILES string of the molecule is Cc1cccc([C@H]2CCN(CCCCO)C[C@H]2C(=O)c2ccccc2)c1C. The van der Waals surface area contributed by atoms with Crippen LogP contribution in [0.4, 0.5) is 0 Å². The molecule has 2 atom stereocenters. The number of benzene rings is 2. The maximum Gasteiger partial charge on any atom is 0.167 e. The van der Waals surface area contributed by atoms with Gasteiger partial charge in [-0.05, 0) is 68.8 Å². The van der Waals surface area contributed by atoms with Crippen molar-refractivity contribution in [3.05, 3.63) is 70.8 Å². The zero-order valence-corrected chi connectivity index (χ0v) is 16.5. The van der Waals surface area contributed by atoms with Gasteiger partial charge in [0.05, 0.1) is 0 Å². The molecule has 144 valence electrons. The number of Topliss-reactive ketones (excluding diaryl/α,β-unsaturated/α-hetero) is 1. The third-order valence-corrected chi connectivity index (χ3v) is 6.02. The molecule has 1 aliphatic heterocycles. The Morgan fingerprint density at radius 3 is 2.59 bits per heavy atom. The maximum atomic E-state index is 13.4. The summed E-state index contributed by atoms with van der Waals surface area (Å²) < 4.78 is 0. The second-order valence-electron chi connectivity index (χ2n) is 7.75. The first kappa shape index (κ1) is 19.8. The minimum atomic E-state index is -0.0178. The third-order valence-electron chi connectivity index (χ3n) is 6.02. The number of rotatable bonds is 7. The van der Waals surface area contributed by atoms with Gasteiger partial charge in [-0.1, -0.05) is 48.5 Å². The molecule has 0 radical (unpaired) electrons. The molecule has 0 unspecified atom stereocenters. The van der Waals surface area contributed by atoms with Crippen LogP contribution in [0.1, 0.15) is 52.2 Å². The van der Waals surface area contributed by atoms with Crippen LogP contribution in [-0.2, 0) is 0 Å². The maximum absolute atomic E-state index is 13.4. The predicted molar refractivity (Wildman–Crippen MR) is 110 cm³/mol. The van der Waals surface area contributed by atoms with Gasteiger partial charge in [-0.3, -0.25) is 4.79 Å². The molecule has 0 aromatic heterocycles. The number of aryl methyl sites for hydroxylation is 1. The number of hydrogen-bond donors (Lipinski definition) is 1. The fraction of sp³-hybridized carbons (Fsp3) is 0.458. The van der Waals surface area contributed by atoms with E-state index in [-0.39, 0.29) is 24.2 Å². The molecule has 3 heteroatoms. The van der Waals surface area contributed by atoms with Crippen LogP contribution < -0.4 is 0 Å². The molecule has 1 aliphatic rings. The summed E-state index contributed by atoms with van der Waals surface area (Å²) in [5.74, 6) is 0.510. The standard InChI is InChI=1S/C24H31NO2/c1-18-9-8-12-21(19(18)2)22-13-15-25(14-6-7-16-26)17-23(22)24(27)20-10-4-3-5-11-20/h3-5,8-12,22-23,26H,6-7,13-17H2,1-2H3/t22-,23-/m1/s1. The highest BCUT2D eigenvalue weighted by Gasteiger charge is 2.36. The van der Waals surface area contributed by atoms with Crippen LogP contribution in [0.5, 0.6) is 0 Å². The van der Waals surface area contributed by atoms with Gasteiger partial charge in [-0.15, -0.1) is 0 Å². The van der Waals surface area contributed by atoms with Crippen LogP contribution in [0.15, 0.2) is 48.5 Å². The Morgan fingerprint density at radius 1 is 1.07 bits per heavy atom. The van der Waals surface area contributed by atoms with Crippen molar-refractivity contribution in [3.8, 4) is 0 Å². The lowest BCUT2D eigenvalue weighted by Crippen LogP contribution is -2.43. The van der Waals surface area contributed by atoms with Crippen LogP contribution in [-0.4, -0.2) is 42.0 Å². The Morgan fingerprint density at radius 2 is 1.85 bits per heavy atom. The van der Waals surface area contributed by atoms with Gasteiger partial charge < -0.3 is 10.0 Å². The summed E-state index contributed by atoms with van der Waals surface area (Å²) in [5, 5.41) is 9.06. The van der Waals surface area contributed by atoms with E-state index in [1.165, 1.54) is 16.7 Å². The first-order valence-corrected chi connectivity index (χ1v) is 10.1. The van der Waals surface area contributed by atoms with Gasteiger partial charge >= 0.3 is 0 Å². The molecule has 27 heavy (non-hydrogen) atoms. The summed E-state index contributed by atoms with van der Waals surface area (Å²) in [7, 11) is 0. The van der Waals surface area contributed by atoms with E-state index in [4.69, 9.17) is 5.11 Å². The molecule has 0 aliphatic carbocycles. The summed E-state index contributed by atoms with van der Waals surface area (Å²) in [6.07, 6.45) is 2.82. The predicted octanol–water partition coefficient (Wildman–Crippen LogP) is 4.36. The second-order valence-corrected chi connectivity index (χ2v) is 7.75. The van der Waals surface area contributed by atoms with E-state index in [1.807, 2.05) is 30.3 Å². The number of carbonyl (C=O) groups is 1. The normalized spacial score (nSPS) is 20.6. The van der Waals surface area contributed by atoms with E-state index in [9.17, 15) is 4.79 Å². The number of piperidine rings is 1. The van der Waals surface area contributed by atoms with E-state index >= 15 is 0 Å². The molecule has 1 fully saturated rings. The number of hydrogen-bond acceptors (Lipinski definition) is 3. The van der Waals surface area contributed by atoms with Crippen molar-refractivity contribution in [1.82, 2.24) is 4.90 Å². The first-order chi connectivity index (χ1) is 13.1. The first-order valence-electron chi connectivity index (χ1n) is 10.1. The molecule has 0 saturated carbocycles. The highest BCUT2D eigenvalue weighted by atomic mass is 16.2. The van der Waals surface area contributed by atoms with Gasteiger partial charge in [0, 0.05) is 24.6 Å². The van der Waals surface area contributed by atoms with E-state index in [2.05, 4.69) is 36.9 Å². The number of ketones is 1. The molecule has 0 spiro atoms. The molecule has 0 amide bonds.